The summed E-state index contributed by atoms with van der Waals surface area (Å²) in [6.07, 6.45) is 4.56. The first-order valence-electron chi connectivity index (χ1n) is 6.03. The maximum Gasteiger partial charge on any atom is 0.0799 e. The van der Waals surface area contributed by atoms with Gasteiger partial charge in [-0.1, -0.05) is 33.6 Å². The minimum atomic E-state index is -0.452. The monoisotopic (exact) mass is 199 g/mol. The number of nitrogens with one attached hydrogen (secondary N) is 1. The first kappa shape index (κ1) is 12.0. The lowest BCUT2D eigenvalue weighted by Gasteiger charge is -2.42. The molecule has 3 unspecified atom stereocenters. The van der Waals surface area contributed by atoms with E-state index in [2.05, 4.69) is 26.1 Å². The van der Waals surface area contributed by atoms with Crippen LogP contribution in [0.3, 0.4) is 0 Å². The van der Waals surface area contributed by atoms with Crippen molar-refractivity contribution in [3.8, 4) is 0 Å². The van der Waals surface area contributed by atoms with Crippen LogP contribution in [0.5, 0.6) is 0 Å². The summed E-state index contributed by atoms with van der Waals surface area (Å²) < 4.78 is 0. The molecular weight excluding hydrogens is 174 g/mol. The fraction of sp³-hybridized carbons (Fsp3) is 1.00. The highest BCUT2D eigenvalue weighted by molar-refractivity contribution is 4.92. The van der Waals surface area contributed by atoms with Crippen molar-refractivity contribution in [3.05, 3.63) is 0 Å². The average Bonchev–Trinajstić information content (AvgIpc) is 2.15. The van der Waals surface area contributed by atoms with Crippen LogP contribution in [0.15, 0.2) is 0 Å². The lowest BCUT2D eigenvalue weighted by Crippen LogP contribution is -2.50. The molecule has 0 aliphatic heterocycles. The van der Waals surface area contributed by atoms with Gasteiger partial charge < -0.3 is 10.4 Å². The molecule has 0 aromatic carbocycles. The third-order valence-corrected chi connectivity index (χ3v) is 3.83. The van der Waals surface area contributed by atoms with Gasteiger partial charge in [-0.2, -0.15) is 0 Å². The van der Waals surface area contributed by atoms with Gasteiger partial charge in [0.05, 0.1) is 5.60 Å². The van der Waals surface area contributed by atoms with Gasteiger partial charge in [0.25, 0.3) is 0 Å². The molecule has 0 heterocycles. The highest BCUT2D eigenvalue weighted by Crippen LogP contribution is 2.37. The Balaban J connectivity index is 2.44. The zero-order valence-corrected chi connectivity index (χ0v) is 9.84. The molecule has 1 fully saturated rings. The molecular formula is C12H25NO. The predicted octanol–water partition coefficient (Wildman–Crippen LogP) is 2.17. The second-order valence-electron chi connectivity index (χ2n) is 4.94. The Hall–Kier alpha value is -0.0800. The van der Waals surface area contributed by atoms with Gasteiger partial charge in [-0.3, -0.25) is 0 Å². The van der Waals surface area contributed by atoms with Crippen molar-refractivity contribution in [2.24, 2.45) is 11.8 Å². The van der Waals surface area contributed by atoms with E-state index in [1.54, 1.807) is 0 Å². The summed E-state index contributed by atoms with van der Waals surface area (Å²) >= 11 is 0. The summed E-state index contributed by atoms with van der Waals surface area (Å²) in [6, 6.07) is 0. The lowest BCUT2D eigenvalue weighted by molar-refractivity contribution is -0.0605. The molecule has 0 bridgehead atoms. The van der Waals surface area contributed by atoms with E-state index >= 15 is 0 Å². The van der Waals surface area contributed by atoms with Gasteiger partial charge >= 0.3 is 0 Å². The van der Waals surface area contributed by atoms with Crippen LogP contribution in [0, 0.1) is 11.8 Å². The summed E-state index contributed by atoms with van der Waals surface area (Å²) in [5.41, 5.74) is -0.452. The first-order valence-corrected chi connectivity index (χ1v) is 6.03. The number of aliphatic hydroxyl groups is 1. The van der Waals surface area contributed by atoms with Gasteiger partial charge in [0.2, 0.25) is 0 Å². The van der Waals surface area contributed by atoms with E-state index in [4.69, 9.17) is 0 Å². The maximum absolute atomic E-state index is 10.5. The van der Waals surface area contributed by atoms with Gasteiger partial charge in [0, 0.05) is 6.54 Å². The molecule has 0 amide bonds. The first-order chi connectivity index (χ1) is 6.60. The number of hydrogen-bond donors (Lipinski definition) is 2. The van der Waals surface area contributed by atoms with Crippen molar-refractivity contribution in [1.82, 2.24) is 5.32 Å². The Labute approximate surface area is 88.1 Å². The van der Waals surface area contributed by atoms with Crippen LogP contribution < -0.4 is 5.32 Å². The summed E-state index contributed by atoms with van der Waals surface area (Å²) in [6.45, 7) is 8.39. The summed E-state index contributed by atoms with van der Waals surface area (Å²) in [4.78, 5) is 0. The number of rotatable bonds is 4. The Kier molecular flexibility index (Phi) is 4.39. The average molecular weight is 199 g/mol. The standard InChI is InChI=1S/C12H25NO/c1-4-8-13-9-12(14)7-5-6-10(2)11(12)3/h10-11,13-14H,4-9H2,1-3H3. The topological polar surface area (TPSA) is 32.3 Å². The SMILES string of the molecule is CCCNCC1(O)CCCC(C)C1C. The van der Waals surface area contributed by atoms with Crippen molar-refractivity contribution in [1.29, 1.82) is 0 Å². The molecule has 0 spiro atoms. The molecule has 14 heavy (non-hydrogen) atoms. The van der Waals surface area contributed by atoms with Crippen LogP contribution in [-0.2, 0) is 0 Å². The van der Waals surface area contributed by atoms with E-state index in [9.17, 15) is 5.11 Å². The summed E-state index contributed by atoms with van der Waals surface area (Å²) in [5, 5.41) is 13.8. The van der Waals surface area contributed by atoms with E-state index in [1.807, 2.05) is 0 Å². The Morgan fingerprint density at radius 1 is 1.43 bits per heavy atom. The van der Waals surface area contributed by atoms with E-state index < -0.39 is 5.60 Å². The third kappa shape index (κ3) is 2.71. The molecule has 84 valence electrons. The van der Waals surface area contributed by atoms with Crippen molar-refractivity contribution < 1.29 is 5.11 Å². The minimum Gasteiger partial charge on any atom is -0.388 e. The molecule has 1 rings (SSSR count). The van der Waals surface area contributed by atoms with Crippen molar-refractivity contribution in [2.75, 3.05) is 13.1 Å². The van der Waals surface area contributed by atoms with E-state index in [-0.39, 0.29) is 0 Å². The van der Waals surface area contributed by atoms with Crippen LogP contribution in [0.2, 0.25) is 0 Å². The molecule has 1 aliphatic carbocycles. The molecule has 0 aromatic heterocycles. The zero-order valence-electron chi connectivity index (χ0n) is 9.84. The second kappa shape index (κ2) is 5.13. The fourth-order valence-electron chi connectivity index (χ4n) is 2.47. The highest BCUT2D eigenvalue weighted by Gasteiger charge is 2.39. The molecule has 2 nitrogen and oxygen atoms in total. The van der Waals surface area contributed by atoms with Crippen LogP contribution >= 0.6 is 0 Å². The number of hydrogen-bond acceptors (Lipinski definition) is 2. The normalized spacial score (nSPS) is 38.6. The largest absolute Gasteiger partial charge is 0.388 e. The summed E-state index contributed by atoms with van der Waals surface area (Å²) in [5.74, 6) is 1.10. The van der Waals surface area contributed by atoms with E-state index in [1.165, 1.54) is 12.8 Å². The van der Waals surface area contributed by atoms with Crippen LogP contribution in [-0.4, -0.2) is 23.8 Å². The van der Waals surface area contributed by atoms with E-state index in [0.717, 1.165) is 25.9 Å². The van der Waals surface area contributed by atoms with Crippen molar-refractivity contribution in [3.63, 3.8) is 0 Å². The molecule has 3 atom stereocenters. The van der Waals surface area contributed by atoms with Gasteiger partial charge in [0.1, 0.15) is 0 Å². The summed E-state index contributed by atoms with van der Waals surface area (Å²) in [7, 11) is 0. The van der Waals surface area contributed by atoms with Gasteiger partial charge in [-0.05, 0) is 31.2 Å². The molecule has 0 saturated heterocycles. The molecule has 2 N–H and O–H groups in total. The molecule has 0 aromatic rings. The fourth-order valence-corrected chi connectivity index (χ4v) is 2.47. The van der Waals surface area contributed by atoms with Crippen molar-refractivity contribution >= 4 is 0 Å². The Bertz CT molecular complexity index is 172. The Morgan fingerprint density at radius 2 is 2.14 bits per heavy atom. The van der Waals surface area contributed by atoms with Crippen LogP contribution in [0.25, 0.3) is 0 Å². The minimum absolute atomic E-state index is 0.431. The third-order valence-electron chi connectivity index (χ3n) is 3.83. The molecule has 0 radical (unpaired) electrons. The van der Waals surface area contributed by atoms with Gasteiger partial charge in [-0.25, -0.2) is 0 Å². The smallest absolute Gasteiger partial charge is 0.0799 e. The lowest BCUT2D eigenvalue weighted by atomic mass is 9.70. The Morgan fingerprint density at radius 3 is 2.79 bits per heavy atom. The van der Waals surface area contributed by atoms with Gasteiger partial charge in [0.15, 0.2) is 0 Å². The predicted molar refractivity (Wildman–Crippen MR) is 60.3 cm³/mol. The molecule has 2 heteroatoms. The van der Waals surface area contributed by atoms with E-state index in [0.29, 0.717) is 11.8 Å². The maximum atomic E-state index is 10.5. The quantitative estimate of drug-likeness (QED) is 0.680. The zero-order chi connectivity index (χ0) is 10.6. The van der Waals surface area contributed by atoms with Gasteiger partial charge in [-0.15, -0.1) is 0 Å². The highest BCUT2D eigenvalue weighted by atomic mass is 16.3. The molecule has 1 aliphatic rings. The second-order valence-corrected chi connectivity index (χ2v) is 4.94. The van der Waals surface area contributed by atoms with Crippen LogP contribution in [0.4, 0.5) is 0 Å². The van der Waals surface area contributed by atoms with Crippen LogP contribution in [0.1, 0.15) is 46.5 Å². The molecule has 1 saturated carbocycles. The van der Waals surface area contributed by atoms with Crippen molar-refractivity contribution in [2.45, 2.75) is 52.1 Å².